The van der Waals surface area contributed by atoms with E-state index in [9.17, 15) is 9.90 Å². The number of carbonyl (C=O) groups is 1. The molecule has 2 fully saturated rings. The fourth-order valence-corrected chi connectivity index (χ4v) is 3.70. The van der Waals surface area contributed by atoms with Crippen LogP contribution in [-0.2, 0) is 4.79 Å². The molecule has 0 saturated heterocycles. The van der Waals surface area contributed by atoms with Gasteiger partial charge in [0, 0.05) is 11.8 Å². The summed E-state index contributed by atoms with van der Waals surface area (Å²) in [4.78, 5) is 12.2. The third kappa shape index (κ3) is 1.03. The predicted octanol–water partition coefficient (Wildman–Crippen LogP) is 1.82. The van der Waals surface area contributed by atoms with E-state index in [0.29, 0.717) is 6.42 Å². The summed E-state index contributed by atoms with van der Waals surface area (Å²) in [7, 11) is 0. The lowest BCUT2D eigenvalue weighted by molar-refractivity contribution is -0.138. The number of aliphatic hydroxyl groups is 1. The number of fused-ring (bicyclic) bond motifs is 1. The van der Waals surface area contributed by atoms with E-state index in [1.54, 1.807) is 6.08 Å². The molecule has 0 bridgehead atoms. The molecule has 1 N–H and O–H groups in total. The van der Waals surface area contributed by atoms with Gasteiger partial charge in [0.2, 0.25) is 0 Å². The third-order valence-electron chi connectivity index (χ3n) is 4.74. The Balaban J connectivity index is 2.58. The molecule has 0 amide bonds. The Hall–Kier alpha value is -1.14. The quantitative estimate of drug-likeness (QED) is 0.684. The van der Waals surface area contributed by atoms with Crippen LogP contribution in [0.25, 0.3) is 0 Å². The van der Waals surface area contributed by atoms with Crippen LogP contribution in [0.5, 0.6) is 0 Å². The van der Waals surface area contributed by atoms with E-state index in [2.05, 4.69) is 12.6 Å². The van der Waals surface area contributed by atoms with E-state index in [1.165, 1.54) is 0 Å². The zero-order valence-electron chi connectivity index (χ0n) is 9.57. The third-order valence-corrected chi connectivity index (χ3v) is 4.74. The maximum Gasteiger partial charge on any atom is 0.147 e. The molecule has 3 nitrogen and oxygen atoms in total. The standard InChI is InChI=1S/C13H17NO2/c1-3-13-10(15)5-4-6-12(13,2)9(8-14)7-11(13)16/h3,9-10,15H,1,4-7H2,2H3/t9-,10-,12-,13-/m1/s1. The van der Waals surface area contributed by atoms with Crippen molar-refractivity contribution in [2.24, 2.45) is 16.7 Å². The van der Waals surface area contributed by atoms with Crippen LogP contribution in [-0.4, -0.2) is 17.0 Å². The number of nitriles is 1. The SMILES string of the molecule is C=C[C@@]12C(=O)C[C@H](C#N)[C@@]1(C)CCC[C@H]2O. The van der Waals surface area contributed by atoms with Crippen molar-refractivity contribution in [3.8, 4) is 6.07 Å². The summed E-state index contributed by atoms with van der Waals surface area (Å²) < 4.78 is 0. The number of carbonyl (C=O) groups excluding carboxylic acids is 1. The van der Waals surface area contributed by atoms with Gasteiger partial charge >= 0.3 is 0 Å². The molecule has 0 unspecified atom stereocenters. The minimum atomic E-state index is -0.883. The van der Waals surface area contributed by atoms with Crippen molar-refractivity contribution in [1.82, 2.24) is 0 Å². The van der Waals surface area contributed by atoms with Crippen LogP contribution < -0.4 is 0 Å². The van der Waals surface area contributed by atoms with Crippen LogP contribution in [0.4, 0.5) is 0 Å². The van der Waals surface area contributed by atoms with Crippen molar-refractivity contribution in [1.29, 1.82) is 5.26 Å². The smallest absolute Gasteiger partial charge is 0.147 e. The number of Topliss-reactive ketones (excluding diaryl/α,β-unsaturated/α-hetero) is 1. The minimum Gasteiger partial charge on any atom is -0.392 e. The van der Waals surface area contributed by atoms with Gasteiger partial charge < -0.3 is 5.11 Å². The van der Waals surface area contributed by atoms with Gasteiger partial charge in [-0.05, 0) is 12.8 Å². The zero-order chi connectivity index (χ0) is 12.0. The van der Waals surface area contributed by atoms with Gasteiger partial charge in [0.1, 0.15) is 5.78 Å². The Morgan fingerprint density at radius 3 is 2.94 bits per heavy atom. The van der Waals surface area contributed by atoms with E-state index >= 15 is 0 Å². The highest BCUT2D eigenvalue weighted by molar-refractivity contribution is 5.91. The van der Waals surface area contributed by atoms with Crippen LogP contribution in [0, 0.1) is 28.1 Å². The molecular formula is C13H17NO2. The van der Waals surface area contributed by atoms with Crippen molar-refractivity contribution in [2.75, 3.05) is 0 Å². The second-order valence-corrected chi connectivity index (χ2v) is 5.21. The van der Waals surface area contributed by atoms with Crippen LogP contribution in [0.2, 0.25) is 0 Å². The lowest BCUT2D eigenvalue weighted by Crippen LogP contribution is -2.52. The molecular weight excluding hydrogens is 202 g/mol. The Bertz CT molecular complexity index is 384. The molecule has 2 aliphatic carbocycles. The molecule has 86 valence electrons. The van der Waals surface area contributed by atoms with Crippen molar-refractivity contribution in [3.05, 3.63) is 12.7 Å². The second kappa shape index (κ2) is 3.43. The molecule has 0 aliphatic heterocycles. The van der Waals surface area contributed by atoms with Gasteiger partial charge in [-0.2, -0.15) is 5.26 Å². The normalized spacial score (nSPS) is 47.2. The Morgan fingerprint density at radius 2 is 2.38 bits per heavy atom. The Labute approximate surface area is 95.8 Å². The summed E-state index contributed by atoms with van der Waals surface area (Å²) in [5, 5.41) is 19.3. The molecule has 0 aromatic carbocycles. The van der Waals surface area contributed by atoms with Gasteiger partial charge in [0.05, 0.1) is 23.5 Å². The molecule has 2 saturated carbocycles. The molecule has 0 heterocycles. The molecule has 0 aromatic heterocycles. The van der Waals surface area contributed by atoms with Crippen molar-refractivity contribution < 1.29 is 9.90 Å². The topological polar surface area (TPSA) is 61.1 Å². The van der Waals surface area contributed by atoms with Crippen molar-refractivity contribution in [2.45, 2.75) is 38.7 Å². The number of hydrogen-bond donors (Lipinski definition) is 1. The van der Waals surface area contributed by atoms with E-state index < -0.39 is 16.9 Å². The average molecular weight is 219 g/mol. The number of rotatable bonds is 1. The lowest BCUT2D eigenvalue weighted by atomic mass is 9.55. The van der Waals surface area contributed by atoms with Crippen molar-refractivity contribution >= 4 is 5.78 Å². The molecule has 0 aromatic rings. The molecule has 4 atom stereocenters. The largest absolute Gasteiger partial charge is 0.392 e. The molecule has 16 heavy (non-hydrogen) atoms. The summed E-state index contributed by atoms with van der Waals surface area (Å²) in [5.41, 5.74) is -1.32. The highest BCUT2D eigenvalue weighted by Gasteiger charge is 2.65. The maximum atomic E-state index is 12.2. The number of nitrogens with zero attached hydrogens (tertiary/aromatic N) is 1. The number of hydrogen-bond acceptors (Lipinski definition) is 3. The summed E-state index contributed by atoms with van der Waals surface area (Å²) >= 11 is 0. The van der Waals surface area contributed by atoms with Crippen LogP contribution in [0.1, 0.15) is 32.6 Å². The van der Waals surface area contributed by atoms with Gasteiger partial charge in [-0.1, -0.05) is 19.4 Å². The average Bonchev–Trinajstić information content (AvgIpc) is 2.48. The summed E-state index contributed by atoms with van der Waals surface area (Å²) in [6.07, 6.45) is 3.51. The fraction of sp³-hybridized carbons (Fsp3) is 0.692. The summed E-state index contributed by atoms with van der Waals surface area (Å²) in [6, 6.07) is 2.23. The molecule has 0 spiro atoms. The Kier molecular flexibility index (Phi) is 2.43. The van der Waals surface area contributed by atoms with Crippen LogP contribution in [0.3, 0.4) is 0 Å². The van der Waals surface area contributed by atoms with E-state index in [-0.39, 0.29) is 18.1 Å². The molecule has 3 heteroatoms. The molecule has 0 radical (unpaired) electrons. The van der Waals surface area contributed by atoms with Gasteiger partial charge in [-0.25, -0.2) is 0 Å². The molecule has 2 aliphatic rings. The summed E-state index contributed by atoms with van der Waals surface area (Å²) in [6.45, 7) is 5.70. The van der Waals surface area contributed by atoms with E-state index in [4.69, 9.17) is 5.26 Å². The number of aliphatic hydroxyl groups excluding tert-OH is 1. The van der Waals surface area contributed by atoms with Gasteiger partial charge in [0.25, 0.3) is 0 Å². The predicted molar refractivity (Wildman–Crippen MR) is 59.3 cm³/mol. The second-order valence-electron chi connectivity index (χ2n) is 5.21. The van der Waals surface area contributed by atoms with Crippen LogP contribution in [0.15, 0.2) is 12.7 Å². The zero-order valence-corrected chi connectivity index (χ0v) is 9.57. The number of ketones is 1. The summed E-state index contributed by atoms with van der Waals surface area (Å²) in [5.74, 6) is -0.295. The van der Waals surface area contributed by atoms with E-state index in [1.807, 2.05) is 6.92 Å². The first-order valence-corrected chi connectivity index (χ1v) is 5.77. The first-order valence-electron chi connectivity index (χ1n) is 5.77. The maximum absolute atomic E-state index is 12.2. The highest BCUT2D eigenvalue weighted by atomic mass is 16.3. The lowest BCUT2D eigenvalue weighted by Gasteiger charge is -2.48. The van der Waals surface area contributed by atoms with Crippen LogP contribution >= 0.6 is 0 Å². The molecule has 2 rings (SSSR count). The first-order chi connectivity index (χ1) is 7.53. The Morgan fingerprint density at radius 1 is 1.69 bits per heavy atom. The monoisotopic (exact) mass is 219 g/mol. The van der Waals surface area contributed by atoms with Gasteiger partial charge in [0.15, 0.2) is 0 Å². The van der Waals surface area contributed by atoms with Gasteiger partial charge in [-0.3, -0.25) is 4.79 Å². The fourth-order valence-electron chi connectivity index (χ4n) is 3.70. The first kappa shape index (κ1) is 11.3. The minimum absolute atomic E-state index is 0.0104. The van der Waals surface area contributed by atoms with Gasteiger partial charge in [-0.15, -0.1) is 6.58 Å². The van der Waals surface area contributed by atoms with Crippen molar-refractivity contribution in [3.63, 3.8) is 0 Å². The van der Waals surface area contributed by atoms with E-state index in [0.717, 1.165) is 12.8 Å². The highest BCUT2D eigenvalue weighted by Crippen LogP contribution is 2.62.